The summed E-state index contributed by atoms with van der Waals surface area (Å²) in [5.41, 5.74) is 11.8. The first-order valence-electron chi connectivity index (χ1n) is 14.1. The molecule has 0 N–H and O–H groups in total. The summed E-state index contributed by atoms with van der Waals surface area (Å²) in [6.45, 7) is 2.21. The van der Waals surface area contributed by atoms with E-state index in [0.717, 1.165) is 31.3 Å². The molecule has 186 valence electrons. The van der Waals surface area contributed by atoms with E-state index in [1.807, 2.05) is 0 Å². The topological polar surface area (TPSA) is 20.9 Å². The maximum absolute atomic E-state index is 6.75. The number of aromatic nitrogens is 2. The van der Waals surface area contributed by atoms with Crippen molar-refractivity contribution >= 4 is 17.2 Å². The normalized spacial score (nSPS) is 20.3. The third-order valence-corrected chi connectivity index (χ3v) is 9.03. The molecule has 3 aromatic heterocycles. The quantitative estimate of drug-likeness (QED) is 0.206. The number of benzene rings is 2. The van der Waals surface area contributed by atoms with Gasteiger partial charge in [0, 0.05) is 53.1 Å². The summed E-state index contributed by atoms with van der Waals surface area (Å²) < 4.78 is 11.6. The number of aryl methyl sites for hydroxylation is 3. The first-order valence-corrected chi connectivity index (χ1v) is 14.1. The molecule has 2 aliphatic heterocycles. The minimum absolute atomic E-state index is 0.320. The van der Waals surface area contributed by atoms with Gasteiger partial charge in [-0.25, -0.2) is 0 Å². The van der Waals surface area contributed by atoms with E-state index in [0.29, 0.717) is 12.0 Å². The molecule has 2 atom stereocenters. The van der Waals surface area contributed by atoms with E-state index in [9.17, 15) is 0 Å². The summed E-state index contributed by atoms with van der Waals surface area (Å²) in [5, 5.41) is 1.31. The highest BCUT2D eigenvalue weighted by Crippen LogP contribution is 2.45. The smallest absolute Gasteiger partial charge is 0.221 e. The Hall–Kier alpha value is -3.98. The molecule has 2 unspecified atom stereocenters. The van der Waals surface area contributed by atoms with Gasteiger partial charge in [0.1, 0.15) is 11.3 Å². The highest BCUT2D eigenvalue weighted by molar-refractivity contribution is 5.95. The van der Waals surface area contributed by atoms with Crippen LogP contribution in [0.1, 0.15) is 59.2 Å². The van der Waals surface area contributed by atoms with Crippen LogP contribution >= 0.6 is 0 Å². The molecule has 0 saturated heterocycles. The Labute approximate surface area is 223 Å². The number of hydrogen-bond donors (Lipinski definition) is 0. The van der Waals surface area contributed by atoms with Gasteiger partial charge in [-0.3, -0.25) is 0 Å². The lowest BCUT2D eigenvalue weighted by Gasteiger charge is -2.31. The van der Waals surface area contributed by atoms with Gasteiger partial charge in [0.2, 0.25) is 11.4 Å². The highest BCUT2D eigenvalue weighted by Gasteiger charge is 2.41. The summed E-state index contributed by atoms with van der Waals surface area (Å²) in [5.74, 6) is 1.59. The van der Waals surface area contributed by atoms with Crippen LogP contribution in [0.5, 0.6) is 0 Å². The maximum atomic E-state index is 6.75. The van der Waals surface area contributed by atoms with Crippen LogP contribution in [-0.2, 0) is 19.3 Å². The van der Waals surface area contributed by atoms with Crippen molar-refractivity contribution in [2.24, 2.45) is 0 Å². The molecule has 0 amide bonds. The van der Waals surface area contributed by atoms with Gasteiger partial charge >= 0.3 is 0 Å². The number of pyridine rings is 2. The second-order valence-corrected chi connectivity index (χ2v) is 11.3. The Kier molecular flexibility index (Phi) is 4.95. The van der Waals surface area contributed by atoms with E-state index in [2.05, 4.69) is 107 Å². The van der Waals surface area contributed by atoms with Gasteiger partial charge in [0.15, 0.2) is 24.6 Å². The van der Waals surface area contributed by atoms with Gasteiger partial charge in [-0.2, -0.15) is 9.13 Å². The number of fused-ring (bicyclic) bond motifs is 13. The summed E-state index contributed by atoms with van der Waals surface area (Å²) in [7, 11) is 0. The first kappa shape index (κ1) is 22.0. The average molecular weight is 497 g/mol. The predicted molar refractivity (Wildman–Crippen MR) is 151 cm³/mol. The van der Waals surface area contributed by atoms with Crippen LogP contribution in [0, 0.1) is 6.92 Å². The standard InChI is InChI=1S/C35H32N2O/c1-23-15-18-30-26-10-3-2-9-25(26)27-12-8-20-36-19-7-6-13-31(36)34-24(21-32(27)37(30)22-23)16-17-29-28-11-4-5-14-33(28)38-35(29)34/h2-3,6-10,13,15-20,22,27,32H,4-5,11-12,14,21H2,1H3/q+2/b20-8+. The van der Waals surface area contributed by atoms with Gasteiger partial charge in [-0.1, -0.05) is 30.3 Å². The molecule has 1 aliphatic carbocycles. The molecule has 3 heteroatoms. The number of nitrogens with zero attached hydrogens (tertiary/aromatic N) is 2. The molecule has 0 spiro atoms. The van der Waals surface area contributed by atoms with E-state index >= 15 is 0 Å². The fourth-order valence-electron chi connectivity index (χ4n) is 7.27. The zero-order chi connectivity index (χ0) is 25.2. The lowest BCUT2D eigenvalue weighted by molar-refractivity contribution is -0.718. The van der Waals surface area contributed by atoms with Crippen molar-refractivity contribution in [3.63, 3.8) is 0 Å². The Morgan fingerprint density at radius 2 is 1.76 bits per heavy atom. The summed E-state index contributed by atoms with van der Waals surface area (Å²) in [6.07, 6.45) is 15.8. The molecule has 3 aliphatic rings. The Balaban J connectivity index is 1.41. The fraction of sp³-hybridized carbons (Fsp3) is 0.257. The lowest BCUT2D eigenvalue weighted by Crippen LogP contribution is -2.48. The Morgan fingerprint density at radius 1 is 0.868 bits per heavy atom. The Bertz CT molecular complexity index is 1760. The van der Waals surface area contributed by atoms with Gasteiger partial charge < -0.3 is 4.42 Å². The molecular formula is C35H32N2O+2. The van der Waals surface area contributed by atoms with Crippen molar-refractivity contribution in [2.75, 3.05) is 0 Å². The molecule has 8 rings (SSSR count). The van der Waals surface area contributed by atoms with Gasteiger partial charge in [-0.05, 0) is 68.0 Å². The number of allylic oxidation sites excluding steroid dienone is 1. The maximum Gasteiger partial charge on any atom is 0.221 e. The lowest BCUT2D eigenvalue weighted by atomic mass is 9.77. The van der Waals surface area contributed by atoms with Crippen molar-refractivity contribution in [1.29, 1.82) is 0 Å². The van der Waals surface area contributed by atoms with Crippen LogP contribution in [0.25, 0.3) is 39.7 Å². The zero-order valence-corrected chi connectivity index (χ0v) is 21.9. The van der Waals surface area contributed by atoms with Crippen molar-refractivity contribution in [2.45, 2.75) is 57.4 Å². The summed E-state index contributed by atoms with van der Waals surface area (Å²) in [6, 6.07) is 25.2. The second-order valence-electron chi connectivity index (χ2n) is 11.3. The number of hydrogen-bond acceptors (Lipinski definition) is 1. The molecule has 3 nitrogen and oxygen atoms in total. The third kappa shape index (κ3) is 3.27. The molecule has 0 saturated carbocycles. The van der Waals surface area contributed by atoms with Crippen LogP contribution in [0.2, 0.25) is 0 Å². The van der Waals surface area contributed by atoms with E-state index < -0.39 is 0 Å². The van der Waals surface area contributed by atoms with E-state index in [1.165, 1.54) is 68.8 Å². The van der Waals surface area contributed by atoms with Crippen molar-refractivity contribution in [1.82, 2.24) is 0 Å². The first-order chi connectivity index (χ1) is 18.8. The van der Waals surface area contributed by atoms with Crippen LogP contribution < -0.4 is 9.13 Å². The van der Waals surface area contributed by atoms with Crippen molar-refractivity contribution in [3.8, 4) is 22.5 Å². The molecule has 5 aromatic rings. The molecule has 0 radical (unpaired) electrons. The van der Waals surface area contributed by atoms with Gasteiger partial charge in [-0.15, -0.1) is 0 Å². The van der Waals surface area contributed by atoms with E-state index in [-0.39, 0.29) is 0 Å². The predicted octanol–water partition coefficient (Wildman–Crippen LogP) is 7.28. The van der Waals surface area contributed by atoms with E-state index in [1.54, 1.807) is 0 Å². The molecule has 38 heavy (non-hydrogen) atoms. The Morgan fingerprint density at radius 3 is 2.74 bits per heavy atom. The van der Waals surface area contributed by atoms with Crippen molar-refractivity contribution in [3.05, 3.63) is 113 Å². The molecule has 5 heterocycles. The van der Waals surface area contributed by atoms with E-state index in [4.69, 9.17) is 4.42 Å². The van der Waals surface area contributed by atoms with Crippen LogP contribution in [-0.4, -0.2) is 0 Å². The molecule has 0 bridgehead atoms. The third-order valence-electron chi connectivity index (χ3n) is 9.03. The van der Waals surface area contributed by atoms with Gasteiger partial charge in [0.25, 0.3) is 0 Å². The average Bonchev–Trinajstić information content (AvgIpc) is 3.33. The summed E-state index contributed by atoms with van der Waals surface area (Å²) in [4.78, 5) is 0. The molecular weight excluding hydrogens is 464 g/mol. The summed E-state index contributed by atoms with van der Waals surface area (Å²) >= 11 is 0. The number of furan rings is 1. The molecule has 0 fully saturated rings. The second kappa shape index (κ2) is 8.52. The van der Waals surface area contributed by atoms with Crippen molar-refractivity contribution < 1.29 is 13.6 Å². The monoisotopic (exact) mass is 496 g/mol. The van der Waals surface area contributed by atoms with Crippen LogP contribution in [0.3, 0.4) is 0 Å². The minimum atomic E-state index is 0.320. The minimum Gasteiger partial charge on any atom is -0.460 e. The van der Waals surface area contributed by atoms with Crippen LogP contribution in [0.15, 0.2) is 89.6 Å². The number of rotatable bonds is 0. The van der Waals surface area contributed by atoms with Gasteiger partial charge in [0.05, 0.1) is 11.5 Å². The zero-order valence-electron chi connectivity index (χ0n) is 21.9. The largest absolute Gasteiger partial charge is 0.460 e. The van der Waals surface area contributed by atoms with Crippen LogP contribution in [0.4, 0.5) is 0 Å². The molecule has 2 aromatic carbocycles. The highest BCUT2D eigenvalue weighted by atomic mass is 16.3. The fourth-order valence-corrected chi connectivity index (χ4v) is 7.27. The SMILES string of the molecule is Cc1ccc2[n+](c1)C1Cc3ccc4c5c(oc4c3-c3cccc[n+]3/C=C/CC1c1ccccc1-2)CCCC5.